The van der Waals surface area contributed by atoms with E-state index in [1.807, 2.05) is 0 Å². The van der Waals surface area contributed by atoms with Gasteiger partial charge in [-0.2, -0.15) is 4.31 Å². The average molecular weight is 376 g/mol. The molecule has 24 heavy (non-hydrogen) atoms. The van der Waals surface area contributed by atoms with E-state index in [0.29, 0.717) is 19.6 Å². The summed E-state index contributed by atoms with van der Waals surface area (Å²) in [5.41, 5.74) is 0. The van der Waals surface area contributed by atoms with Crippen molar-refractivity contribution in [1.82, 2.24) is 14.3 Å². The Kier molecular flexibility index (Phi) is 6.76. The van der Waals surface area contributed by atoms with Crippen LogP contribution in [0.25, 0.3) is 0 Å². The third kappa shape index (κ3) is 4.76. The van der Waals surface area contributed by atoms with Crippen molar-refractivity contribution in [1.29, 1.82) is 0 Å². The van der Waals surface area contributed by atoms with Gasteiger partial charge in [-0.1, -0.05) is 18.9 Å². The van der Waals surface area contributed by atoms with Gasteiger partial charge in [-0.15, -0.1) is 0 Å². The van der Waals surface area contributed by atoms with Gasteiger partial charge in [0.2, 0.25) is 20.0 Å². The second kappa shape index (κ2) is 8.39. The lowest BCUT2D eigenvalue weighted by atomic mass is 10.2. The van der Waals surface area contributed by atoms with Gasteiger partial charge in [0, 0.05) is 26.2 Å². The summed E-state index contributed by atoms with van der Waals surface area (Å²) in [5, 5.41) is 2.85. The molecule has 136 valence electrons. The van der Waals surface area contributed by atoms with Crippen molar-refractivity contribution in [2.45, 2.75) is 35.5 Å². The van der Waals surface area contributed by atoms with Gasteiger partial charge in [-0.25, -0.2) is 21.6 Å². The minimum atomic E-state index is -3.73. The van der Waals surface area contributed by atoms with Crippen LogP contribution in [0.1, 0.15) is 25.7 Å². The van der Waals surface area contributed by atoms with E-state index in [0.717, 1.165) is 25.7 Å². The summed E-state index contributed by atoms with van der Waals surface area (Å²) >= 11 is 0. The predicted molar refractivity (Wildman–Crippen MR) is 92.8 cm³/mol. The number of hydrogen-bond acceptors (Lipinski definition) is 5. The van der Waals surface area contributed by atoms with Gasteiger partial charge < -0.3 is 5.32 Å². The van der Waals surface area contributed by atoms with Crippen LogP contribution in [0.5, 0.6) is 0 Å². The lowest BCUT2D eigenvalue weighted by Crippen LogP contribution is -2.32. The highest BCUT2D eigenvalue weighted by molar-refractivity contribution is 7.90. The van der Waals surface area contributed by atoms with Crippen LogP contribution in [0.3, 0.4) is 0 Å². The molecule has 1 aromatic rings. The number of hydrogen-bond donors (Lipinski definition) is 2. The molecule has 0 radical (unpaired) electrons. The molecular formula is C15H25N3O4S2. The maximum absolute atomic E-state index is 12.8. The van der Waals surface area contributed by atoms with E-state index in [9.17, 15) is 16.8 Å². The maximum atomic E-state index is 12.8. The summed E-state index contributed by atoms with van der Waals surface area (Å²) in [4.78, 5) is -0.00427. The van der Waals surface area contributed by atoms with Crippen LogP contribution in [0.15, 0.2) is 34.1 Å². The Morgan fingerprint density at radius 2 is 1.58 bits per heavy atom. The zero-order valence-electron chi connectivity index (χ0n) is 13.9. The summed E-state index contributed by atoms with van der Waals surface area (Å²) in [7, 11) is -5.67. The topological polar surface area (TPSA) is 95.6 Å². The Bertz CT molecular complexity index is 740. The minimum Gasteiger partial charge on any atom is -0.318 e. The molecule has 1 aromatic carbocycles. The van der Waals surface area contributed by atoms with Gasteiger partial charge in [-0.3, -0.25) is 0 Å². The Morgan fingerprint density at radius 3 is 2.21 bits per heavy atom. The van der Waals surface area contributed by atoms with E-state index in [1.54, 1.807) is 7.05 Å². The number of nitrogens with zero attached hydrogens (tertiary/aromatic N) is 1. The van der Waals surface area contributed by atoms with Crippen LogP contribution in [0, 0.1) is 0 Å². The highest BCUT2D eigenvalue weighted by Crippen LogP contribution is 2.22. The zero-order chi connectivity index (χ0) is 17.6. The van der Waals surface area contributed by atoms with Gasteiger partial charge >= 0.3 is 0 Å². The largest absolute Gasteiger partial charge is 0.318 e. The van der Waals surface area contributed by atoms with E-state index < -0.39 is 20.0 Å². The van der Waals surface area contributed by atoms with E-state index in [2.05, 4.69) is 10.0 Å². The number of sulfonamides is 2. The maximum Gasteiger partial charge on any atom is 0.243 e. The fourth-order valence-corrected chi connectivity index (χ4v) is 5.34. The van der Waals surface area contributed by atoms with Crippen molar-refractivity contribution in [3.05, 3.63) is 24.3 Å². The van der Waals surface area contributed by atoms with Gasteiger partial charge in [0.1, 0.15) is 0 Å². The van der Waals surface area contributed by atoms with Crippen LogP contribution < -0.4 is 10.0 Å². The standard InChI is InChI=1S/C15H25N3O4S2/c1-16-9-10-17-23(19,20)14-7-6-8-15(13-14)24(21,22)18-11-4-2-3-5-12-18/h6-8,13,16-17H,2-5,9-12H2,1H3. The van der Waals surface area contributed by atoms with E-state index in [-0.39, 0.29) is 16.3 Å². The second-order valence-corrected chi connectivity index (χ2v) is 9.50. The zero-order valence-corrected chi connectivity index (χ0v) is 15.5. The molecule has 1 fully saturated rings. The Morgan fingerprint density at radius 1 is 0.958 bits per heavy atom. The fourth-order valence-electron chi connectivity index (χ4n) is 2.63. The molecule has 7 nitrogen and oxygen atoms in total. The minimum absolute atomic E-state index is 0.0286. The first-order valence-corrected chi connectivity index (χ1v) is 11.0. The van der Waals surface area contributed by atoms with Crippen molar-refractivity contribution < 1.29 is 16.8 Å². The first-order valence-electron chi connectivity index (χ1n) is 8.12. The van der Waals surface area contributed by atoms with Crippen molar-refractivity contribution in [3.63, 3.8) is 0 Å². The molecule has 9 heteroatoms. The van der Waals surface area contributed by atoms with Crippen molar-refractivity contribution in [2.24, 2.45) is 0 Å². The summed E-state index contributed by atoms with van der Waals surface area (Å²) < 4.78 is 54.0. The summed E-state index contributed by atoms with van der Waals surface area (Å²) in [5.74, 6) is 0. The smallest absolute Gasteiger partial charge is 0.243 e. The number of benzene rings is 1. The number of rotatable bonds is 7. The molecule has 2 rings (SSSR count). The third-order valence-corrected chi connectivity index (χ3v) is 7.34. The molecule has 0 bridgehead atoms. The summed E-state index contributed by atoms with van der Waals surface area (Å²) in [6, 6.07) is 5.56. The van der Waals surface area contributed by atoms with Crippen molar-refractivity contribution in [2.75, 3.05) is 33.2 Å². The average Bonchev–Trinajstić information content (AvgIpc) is 2.85. The Balaban J connectivity index is 2.25. The monoisotopic (exact) mass is 375 g/mol. The Hall–Kier alpha value is -1.00. The molecule has 0 amide bonds. The van der Waals surface area contributed by atoms with Gasteiger partial charge in [0.05, 0.1) is 9.79 Å². The van der Waals surface area contributed by atoms with Crippen molar-refractivity contribution >= 4 is 20.0 Å². The van der Waals surface area contributed by atoms with Gasteiger partial charge in [0.25, 0.3) is 0 Å². The fraction of sp³-hybridized carbons (Fsp3) is 0.600. The molecule has 0 aromatic heterocycles. The molecule has 0 spiro atoms. The molecule has 0 saturated carbocycles. The lowest BCUT2D eigenvalue weighted by Gasteiger charge is -2.20. The second-order valence-electron chi connectivity index (χ2n) is 5.79. The molecule has 1 aliphatic heterocycles. The summed E-state index contributed by atoms with van der Waals surface area (Å²) in [6.45, 7) is 1.70. The molecule has 0 aliphatic carbocycles. The van der Waals surface area contributed by atoms with Gasteiger partial charge in [0.15, 0.2) is 0 Å². The van der Waals surface area contributed by atoms with Crippen LogP contribution in [-0.2, 0) is 20.0 Å². The Labute approximate surface area is 144 Å². The van der Waals surface area contributed by atoms with E-state index >= 15 is 0 Å². The SMILES string of the molecule is CNCCNS(=O)(=O)c1cccc(S(=O)(=O)N2CCCCCC2)c1. The molecule has 2 N–H and O–H groups in total. The van der Waals surface area contributed by atoms with Gasteiger partial charge in [-0.05, 0) is 38.1 Å². The lowest BCUT2D eigenvalue weighted by molar-refractivity contribution is 0.423. The quantitative estimate of drug-likeness (QED) is 0.686. The molecule has 1 saturated heterocycles. The van der Waals surface area contributed by atoms with E-state index in [1.165, 1.54) is 28.6 Å². The first kappa shape index (κ1) is 19.3. The van der Waals surface area contributed by atoms with E-state index in [4.69, 9.17) is 0 Å². The third-order valence-electron chi connectivity index (χ3n) is 3.99. The first-order chi connectivity index (χ1) is 11.4. The number of likely N-dealkylation sites (N-methyl/N-ethyl adjacent to an activating group) is 1. The molecule has 1 aliphatic rings. The van der Waals surface area contributed by atoms with Crippen LogP contribution in [0.2, 0.25) is 0 Å². The van der Waals surface area contributed by atoms with Crippen LogP contribution in [-0.4, -0.2) is 54.4 Å². The van der Waals surface area contributed by atoms with Crippen LogP contribution in [0.4, 0.5) is 0 Å². The molecule has 1 heterocycles. The van der Waals surface area contributed by atoms with Crippen LogP contribution >= 0.6 is 0 Å². The molecule has 0 unspecified atom stereocenters. The molecule has 0 atom stereocenters. The number of nitrogens with one attached hydrogen (secondary N) is 2. The highest BCUT2D eigenvalue weighted by atomic mass is 32.2. The summed E-state index contributed by atoms with van der Waals surface area (Å²) in [6.07, 6.45) is 3.72. The normalized spacial score (nSPS) is 17.5. The highest BCUT2D eigenvalue weighted by Gasteiger charge is 2.26. The predicted octanol–water partition coefficient (Wildman–Crippen LogP) is 0.749. The molecular weight excluding hydrogens is 350 g/mol. The van der Waals surface area contributed by atoms with Crippen molar-refractivity contribution in [3.8, 4) is 0 Å².